The minimum atomic E-state index is -1.38. The van der Waals surface area contributed by atoms with E-state index in [1.54, 1.807) is 24.3 Å². The van der Waals surface area contributed by atoms with Crippen molar-refractivity contribution in [3.8, 4) is 0 Å². The summed E-state index contributed by atoms with van der Waals surface area (Å²) in [5.41, 5.74) is -2.77. The molecule has 0 aromatic rings. The van der Waals surface area contributed by atoms with E-state index in [0.29, 0.717) is 12.8 Å². The van der Waals surface area contributed by atoms with Gasteiger partial charge in [0.05, 0.1) is 0 Å². The molecule has 0 saturated heterocycles. The summed E-state index contributed by atoms with van der Waals surface area (Å²) >= 11 is 0. The minimum absolute atomic E-state index is 0.0909. The number of rotatable bonds is 6. The van der Waals surface area contributed by atoms with Gasteiger partial charge in [0.2, 0.25) is 0 Å². The Morgan fingerprint density at radius 1 is 0.731 bits per heavy atom. The van der Waals surface area contributed by atoms with Crippen LogP contribution in [0.25, 0.3) is 0 Å². The SMILES string of the molecule is C1CCCCC1.CC(C)CC1(C(=O)O)C=CC=CC1(CC(C)C)C(=O)O. The van der Waals surface area contributed by atoms with Crippen LogP contribution in [0.15, 0.2) is 24.3 Å². The Morgan fingerprint density at radius 3 is 1.19 bits per heavy atom. The predicted octanol–water partition coefficient (Wildman–Crippen LogP) is 5.69. The van der Waals surface area contributed by atoms with Gasteiger partial charge in [-0.25, -0.2) is 0 Å². The lowest BCUT2D eigenvalue weighted by Gasteiger charge is -2.44. The Labute approximate surface area is 158 Å². The van der Waals surface area contributed by atoms with Gasteiger partial charge >= 0.3 is 11.9 Å². The molecular formula is C22H36O4. The van der Waals surface area contributed by atoms with E-state index in [1.807, 2.05) is 27.7 Å². The maximum atomic E-state index is 12.0. The molecule has 2 N–H and O–H groups in total. The molecule has 1 fully saturated rings. The van der Waals surface area contributed by atoms with Gasteiger partial charge in [-0.3, -0.25) is 9.59 Å². The number of carbonyl (C=O) groups is 2. The maximum Gasteiger partial charge on any atom is 0.315 e. The van der Waals surface area contributed by atoms with E-state index in [1.165, 1.54) is 38.5 Å². The van der Waals surface area contributed by atoms with E-state index in [2.05, 4.69) is 0 Å². The topological polar surface area (TPSA) is 74.6 Å². The zero-order valence-electron chi connectivity index (χ0n) is 16.8. The normalized spacial score (nSPS) is 27.9. The second kappa shape index (κ2) is 9.94. The molecule has 0 aromatic carbocycles. The lowest BCUT2D eigenvalue weighted by molar-refractivity contribution is -0.168. The molecule has 0 bridgehead atoms. The van der Waals surface area contributed by atoms with Gasteiger partial charge < -0.3 is 10.2 Å². The molecule has 2 aliphatic carbocycles. The van der Waals surface area contributed by atoms with Crippen LogP contribution in [0.1, 0.15) is 79.1 Å². The van der Waals surface area contributed by atoms with Gasteiger partial charge in [0, 0.05) is 0 Å². The minimum Gasteiger partial charge on any atom is -0.481 e. The Kier molecular flexibility index (Phi) is 8.58. The van der Waals surface area contributed by atoms with Crippen LogP contribution in [0, 0.1) is 22.7 Å². The van der Waals surface area contributed by atoms with Crippen molar-refractivity contribution in [1.82, 2.24) is 0 Å². The van der Waals surface area contributed by atoms with Crippen LogP contribution in [0.5, 0.6) is 0 Å². The van der Waals surface area contributed by atoms with Crippen molar-refractivity contribution in [2.45, 2.75) is 79.1 Å². The zero-order chi connectivity index (χ0) is 19.8. The van der Waals surface area contributed by atoms with Crippen molar-refractivity contribution in [2.75, 3.05) is 0 Å². The first-order valence-electron chi connectivity index (χ1n) is 10.0. The second-order valence-electron chi connectivity index (χ2n) is 8.59. The highest BCUT2D eigenvalue weighted by Crippen LogP contribution is 2.52. The molecule has 148 valence electrons. The summed E-state index contributed by atoms with van der Waals surface area (Å²) in [6, 6.07) is 0. The van der Waals surface area contributed by atoms with Crippen molar-refractivity contribution >= 4 is 11.9 Å². The van der Waals surface area contributed by atoms with E-state index >= 15 is 0 Å². The molecule has 2 atom stereocenters. The number of allylic oxidation sites excluding steroid dienone is 2. The fraction of sp³-hybridized carbons (Fsp3) is 0.727. The average Bonchev–Trinajstić information content (AvgIpc) is 2.57. The molecule has 0 spiro atoms. The van der Waals surface area contributed by atoms with Crippen molar-refractivity contribution < 1.29 is 19.8 Å². The number of aliphatic carboxylic acids is 2. The van der Waals surface area contributed by atoms with Crippen LogP contribution in [0.2, 0.25) is 0 Å². The largest absolute Gasteiger partial charge is 0.481 e. The first-order chi connectivity index (χ1) is 12.2. The fourth-order valence-corrected chi connectivity index (χ4v) is 4.28. The summed E-state index contributed by atoms with van der Waals surface area (Å²) in [7, 11) is 0. The molecule has 0 radical (unpaired) electrons. The van der Waals surface area contributed by atoms with Gasteiger partial charge in [-0.2, -0.15) is 0 Å². The van der Waals surface area contributed by atoms with Crippen LogP contribution in [0.3, 0.4) is 0 Å². The highest BCUT2D eigenvalue weighted by atomic mass is 16.4. The van der Waals surface area contributed by atoms with Gasteiger partial charge in [0.1, 0.15) is 10.8 Å². The van der Waals surface area contributed by atoms with Crippen molar-refractivity contribution in [3.05, 3.63) is 24.3 Å². The van der Waals surface area contributed by atoms with E-state index in [0.717, 1.165) is 0 Å². The van der Waals surface area contributed by atoms with E-state index in [9.17, 15) is 19.8 Å². The summed E-state index contributed by atoms with van der Waals surface area (Å²) in [4.78, 5) is 23.9. The van der Waals surface area contributed by atoms with Crippen molar-refractivity contribution in [2.24, 2.45) is 22.7 Å². The third-order valence-electron chi connectivity index (χ3n) is 5.39. The van der Waals surface area contributed by atoms with Gasteiger partial charge in [-0.1, -0.05) is 90.5 Å². The first kappa shape index (κ1) is 22.5. The molecule has 26 heavy (non-hydrogen) atoms. The summed E-state index contributed by atoms with van der Waals surface area (Å²) in [6.07, 6.45) is 16.0. The monoisotopic (exact) mass is 364 g/mol. The van der Waals surface area contributed by atoms with Gasteiger partial charge in [-0.05, 0) is 24.7 Å². The average molecular weight is 365 g/mol. The molecule has 0 aromatic heterocycles. The lowest BCUT2D eigenvalue weighted by Crippen LogP contribution is -2.52. The number of carboxylic acids is 2. The van der Waals surface area contributed by atoms with Crippen LogP contribution in [-0.2, 0) is 9.59 Å². The molecule has 4 heteroatoms. The fourth-order valence-electron chi connectivity index (χ4n) is 4.28. The second-order valence-corrected chi connectivity index (χ2v) is 8.59. The highest BCUT2D eigenvalue weighted by Gasteiger charge is 2.59. The van der Waals surface area contributed by atoms with Gasteiger partial charge in [-0.15, -0.1) is 0 Å². The predicted molar refractivity (Wildman–Crippen MR) is 105 cm³/mol. The third kappa shape index (κ3) is 5.21. The van der Waals surface area contributed by atoms with Crippen LogP contribution < -0.4 is 0 Å². The summed E-state index contributed by atoms with van der Waals surface area (Å²) in [5, 5.41) is 19.6. The molecule has 2 aliphatic rings. The number of hydrogen-bond acceptors (Lipinski definition) is 2. The van der Waals surface area contributed by atoms with Crippen molar-refractivity contribution in [1.29, 1.82) is 0 Å². The molecule has 2 unspecified atom stereocenters. The molecule has 0 aliphatic heterocycles. The first-order valence-corrected chi connectivity index (χ1v) is 10.0. The lowest BCUT2D eigenvalue weighted by atomic mass is 9.55. The van der Waals surface area contributed by atoms with E-state index < -0.39 is 22.8 Å². The van der Waals surface area contributed by atoms with Crippen LogP contribution >= 0.6 is 0 Å². The molecule has 0 amide bonds. The number of carboxylic acid groups (broad SMARTS) is 2. The zero-order valence-corrected chi connectivity index (χ0v) is 16.8. The molecular weight excluding hydrogens is 328 g/mol. The summed E-state index contributed by atoms with van der Waals surface area (Å²) in [5.74, 6) is -1.94. The van der Waals surface area contributed by atoms with Gasteiger partial charge in [0.25, 0.3) is 0 Å². The quantitative estimate of drug-likeness (QED) is 0.635. The maximum absolute atomic E-state index is 12.0. The Bertz CT molecular complexity index is 475. The standard InChI is InChI=1S/C16H24O4.C6H12/c1-11(2)9-15(13(17)18)7-5-6-8-16(15,14(19)20)10-12(3)4;1-2-4-6-5-3-1/h5-8,11-12H,9-10H2,1-4H3,(H,17,18)(H,19,20);1-6H2. The Balaban J connectivity index is 0.000000472. The molecule has 4 nitrogen and oxygen atoms in total. The Morgan fingerprint density at radius 2 is 1.00 bits per heavy atom. The van der Waals surface area contributed by atoms with Crippen LogP contribution in [0.4, 0.5) is 0 Å². The number of hydrogen-bond donors (Lipinski definition) is 2. The Hall–Kier alpha value is -1.58. The third-order valence-corrected chi connectivity index (χ3v) is 5.39. The molecule has 1 saturated carbocycles. The van der Waals surface area contributed by atoms with Crippen molar-refractivity contribution in [3.63, 3.8) is 0 Å². The molecule has 2 rings (SSSR count). The smallest absolute Gasteiger partial charge is 0.315 e. The van der Waals surface area contributed by atoms with Crippen LogP contribution in [-0.4, -0.2) is 22.2 Å². The summed E-state index contributed by atoms with van der Waals surface area (Å²) in [6.45, 7) is 7.66. The van der Waals surface area contributed by atoms with E-state index in [4.69, 9.17) is 0 Å². The molecule has 0 heterocycles. The highest BCUT2D eigenvalue weighted by molar-refractivity contribution is 5.90. The van der Waals surface area contributed by atoms with Gasteiger partial charge in [0.15, 0.2) is 0 Å². The van der Waals surface area contributed by atoms with E-state index in [-0.39, 0.29) is 11.8 Å². The summed E-state index contributed by atoms with van der Waals surface area (Å²) < 4.78 is 0.